The smallest absolute Gasteiger partial charge is 0.338 e. The van der Waals surface area contributed by atoms with E-state index >= 15 is 0 Å². The zero-order valence-electron chi connectivity index (χ0n) is 7.37. The van der Waals surface area contributed by atoms with Crippen LogP contribution in [0.2, 0.25) is 4.34 Å². The van der Waals surface area contributed by atoms with Crippen molar-refractivity contribution < 1.29 is 9.90 Å². The molecule has 4 heteroatoms. The number of carbonyl (C=O) groups is 1. The number of benzene rings is 1. The second kappa shape index (κ2) is 3.26. The number of thiophene rings is 1. The van der Waals surface area contributed by atoms with E-state index in [-0.39, 0.29) is 5.56 Å². The van der Waals surface area contributed by atoms with Crippen molar-refractivity contribution in [3.05, 3.63) is 33.7 Å². The minimum atomic E-state index is -0.966. The molecule has 0 aliphatic rings. The van der Waals surface area contributed by atoms with Crippen LogP contribution in [0.15, 0.2) is 18.2 Å². The predicted octanol–water partition coefficient (Wildman–Crippen LogP) is 3.56. The molecule has 0 spiro atoms. The zero-order chi connectivity index (χ0) is 10.3. The number of carboxylic acid groups (broad SMARTS) is 1. The largest absolute Gasteiger partial charge is 0.478 e. The van der Waals surface area contributed by atoms with Gasteiger partial charge in [0.2, 0.25) is 0 Å². The lowest BCUT2D eigenvalue weighted by Crippen LogP contribution is -1.94. The van der Waals surface area contributed by atoms with Gasteiger partial charge in [0.15, 0.2) is 0 Å². The van der Waals surface area contributed by atoms with Gasteiger partial charge in [-0.3, -0.25) is 0 Å². The van der Waals surface area contributed by atoms with Crippen molar-refractivity contribution in [3.8, 4) is 0 Å². The number of aromatic carboxylic acids is 1. The molecule has 2 aromatic rings. The lowest BCUT2D eigenvalue weighted by Gasteiger charge is -1.94. The van der Waals surface area contributed by atoms with Crippen LogP contribution in [0.1, 0.15) is 15.9 Å². The first-order chi connectivity index (χ1) is 6.61. The molecule has 0 bridgehead atoms. The summed E-state index contributed by atoms with van der Waals surface area (Å²) < 4.78 is 1.30. The fourth-order valence-corrected chi connectivity index (χ4v) is 2.83. The quantitative estimate of drug-likeness (QED) is 0.807. The number of halogens is 1. The standard InChI is InChI=1S/C10H7ClO2S/c1-5-3-2-4-6-7(10(12)13)9(11)14-8(5)6/h2-4H,1H3,(H,12,13). The molecule has 0 unspecified atom stereocenters. The molecule has 0 saturated heterocycles. The molecule has 1 aromatic carbocycles. The van der Waals surface area contributed by atoms with Gasteiger partial charge in [-0.1, -0.05) is 29.8 Å². The molecule has 0 fully saturated rings. The monoisotopic (exact) mass is 226 g/mol. The molecule has 0 aliphatic heterocycles. The van der Waals surface area contributed by atoms with Crippen LogP contribution in [0.25, 0.3) is 10.1 Å². The predicted molar refractivity (Wildman–Crippen MR) is 58.5 cm³/mol. The molecule has 1 heterocycles. The first-order valence-electron chi connectivity index (χ1n) is 4.02. The number of carboxylic acids is 1. The highest BCUT2D eigenvalue weighted by Crippen LogP contribution is 2.36. The fraction of sp³-hybridized carbons (Fsp3) is 0.100. The van der Waals surface area contributed by atoms with Crippen LogP contribution in [0.3, 0.4) is 0 Å². The van der Waals surface area contributed by atoms with Gasteiger partial charge in [-0.2, -0.15) is 0 Å². The van der Waals surface area contributed by atoms with E-state index in [2.05, 4.69) is 0 Å². The van der Waals surface area contributed by atoms with Crippen LogP contribution in [0.4, 0.5) is 0 Å². The van der Waals surface area contributed by atoms with E-state index in [1.807, 2.05) is 19.1 Å². The van der Waals surface area contributed by atoms with Gasteiger partial charge < -0.3 is 5.11 Å². The third-order valence-corrected chi connectivity index (χ3v) is 3.63. The first kappa shape index (κ1) is 9.49. The van der Waals surface area contributed by atoms with Crippen molar-refractivity contribution in [1.29, 1.82) is 0 Å². The summed E-state index contributed by atoms with van der Waals surface area (Å²) in [6.45, 7) is 1.95. The van der Waals surface area contributed by atoms with Gasteiger partial charge >= 0.3 is 5.97 Å². The van der Waals surface area contributed by atoms with Crippen LogP contribution in [-0.4, -0.2) is 11.1 Å². The Hall–Kier alpha value is -1.06. The van der Waals surface area contributed by atoms with E-state index < -0.39 is 5.97 Å². The second-order valence-corrected chi connectivity index (χ2v) is 4.63. The van der Waals surface area contributed by atoms with Crippen molar-refractivity contribution in [2.24, 2.45) is 0 Å². The Kier molecular flexibility index (Phi) is 2.21. The van der Waals surface area contributed by atoms with Gasteiger partial charge in [-0.05, 0) is 12.5 Å². The van der Waals surface area contributed by atoms with Gasteiger partial charge in [0.1, 0.15) is 4.34 Å². The minimum absolute atomic E-state index is 0.218. The zero-order valence-corrected chi connectivity index (χ0v) is 8.95. The Morgan fingerprint density at radius 2 is 2.21 bits per heavy atom. The number of rotatable bonds is 1. The molecule has 0 amide bonds. The average molecular weight is 227 g/mol. The Balaban J connectivity index is 2.90. The molecule has 2 rings (SSSR count). The molecule has 1 N–H and O–H groups in total. The minimum Gasteiger partial charge on any atom is -0.478 e. The number of hydrogen-bond donors (Lipinski definition) is 1. The molecule has 14 heavy (non-hydrogen) atoms. The van der Waals surface area contributed by atoms with Gasteiger partial charge in [-0.25, -0.2) is 4.79 Å². The molecular weight excluding hydrogens is 220 g/mol. The molecule has 1 aromatic heterocycles. The average Bonchev–Trinajstić information content (AvgIpc) is 2.42. The van der Waals surface area contributed by atoms with Gasteiger partial charge in [0.05, 0.1) is 5.56 Å². The summed E-state index contributed by atoms with van der Waals surface area (Å²) in [5.41, 5.74) is 1.28. The van der Waals surface area contributed by atoms with Crippen LogP contribution >= 0.6 is 22.9 Å². The number of fused-ring (bicyclic) bond motifs is 1. The maximum absolute atomic E-state index is 10.9. The number of aryl methyl sites for hydroxylation is 1. The van der Waals surface area contributed by atoms with Crippen molar-refractivity contribution in [2.45, 2.75) is 6.92 Å². The van der Waals surface area contributed by atoms with Crippen molar-refractivity contribution in [2.75, 3.05) is 0 Å². The summed E-state index contributed by atoms with van der Waals surface area (Å²) in [4.78, 5) is 10.9. The fourth-order valence-electron chi connectivity index (χ4n) is 1.43. The molecular formula is C10H7ClO2S. The van der Waals surface area contributed by atoms with Gasteiger partial charge in [-0.15, -0.1) is 11.3 Å². The highest BCUT2D eigenvalue weighted by molar-refractivity contribution is 7.23. The lowest BCUT2D eigenvalue weighted by molar-refractivity contribution is 0.0699. The molecule has 2 nitrogen and oxygen atoms in total. The maximum Gasteiger partial charge on any atom is 0.338 e. The second-order valence-electron chi connectivity index (χ2n) is 3.01. The normalized spacial score (nSPS) is 10.7. The third kappa shape index (κ3) is 1.29. The first-order valence-corrected chi connectivity index (χ1v) is 5.21. The Morgan fingerprint density at radius 1 is 1.50 bits per heavy atom. The van der Waals surface area contributed by atoms with Crippen LogP contribution in [0, 0.1) is 6.92 Å². The molecule has 0 aliphatic carbocycles. The van der Waals surface area contributed by atoms with Crippen molar-refractivity contribution >= 4 is 39.0 Å². The van der Waals surface area contributed by atoms with E-state index in [4.69, 9.17) is 16.7 Å². The van der Waals surface area contributed by atoms with Crippen LogP contribution in [-0.2, 0) is 0 Å². The highest BCUT2D eigenvalue weighted by Gasteiger charge is 2.17. The summed E-state index contributed by atoms with van der Waals surface area (Å²) in [5, 5.41) is 9.69. The summed E-state index contributed by atoms with van der Waals surface area (Å²) in [6, 6.07) is 5.57. The van der Waals surface area contributed by atoms with E-state index in [1.165, 1.54) is 11.3 Å². The van der Waals surface area contributed by atoms with E-state index in [0.29, 0.717) is 4.34 Å². The van der Waals surface area contributed by atoms with Crippen LogP contribution < -0.4 is 0 Å². The Labute approximate surface area is 89.7 Å². The summed E-state index contributed by atoms with van der Waals surface area (Å²) >= 11 is 7.19. The Bertz CT molecular complexity index is 516. The maximum atomic E-state index is 10.9. The molecule has 0 saturated carbocycles. The molecule has 72 valence electrons. The lowest BCUT2D eigenvalue weighted by atomic mass is 10.1. The molecule has 0 atom stereocenters. The van der Waals surface area contributed by atoms with Crippen LogP contribution in [0.5, 0.6) is 0 Å². The Morgan fingerprint density at radius 3 is 2.86 bits per heavy atom. The third-order valence-electron chi connectivity index (χ3n) is 2.08. The van der Waals surface area contributed by atoms with Gasteiger partial charge in [0, 0.05) is 10.1 Å². The van der Waals surface area contributed by atoms with E-state index in [9.17, 15) is 4.79 Å². The molecule has 0 radical (unpaired) electrons. The van der Waals surface area contributed by atoms with E-state index in [0.717, 1.165) is 15.6 Å². The summed E-state index contributed by atoms with van der Waals surface area (Å²) in [7, 11) is 0. The van der Waals surface area contributed by atoms with Crippen molar-refractivity contribution in [3.63, 3.8) is 0 Å². The van der Waals surface area contributed by atoms with Gasteiger partial charge in [0.25, 0.3) is 0 Å². The number of hydrogen-bond acceptors (Lipinski definition) is 2. The highest BCUT2D eigenvalue weighted by atomic mass is 35.5. The SMILES string of the molecule is Cc1cccc2c(C(=O)O)c(Cl)sc12. The topological polar surface area (TPSA) is 37.3 Å². The summed E-state index contributed by atoms with van der Waals surface area (Å²) in [6.07, 6.45) is 0. The summed E-state index contributed by atoms with van der Waals surface area (Å²) in [5.74, 6) is -0.966. The van der Waals surface area contributed by atoms with E-state index in [1.54, 1.807) is 6.07 Å². The van der Waals surface area contributed by atoms with Crippen molar-refractivity contribution in [1.82, 2.24) is 0 Å².